The lowest BCUT2D eigenvalue weighted by Gasteiger charge is -2.10. The van der Waals surface area contributed by atoms with E-state index in [1.54, 1.807) is 19.1 Å². The van der Waals surface area contributed by atoms with Gasteiger partial charge in [-0.05, 0) is 42.3 Å². The van der Waals surface area contributed by atoms with Gasteiger partial charge in [-0.2, -0.15) is 18.3 Å². The number of alkyl halides is 3. The van der Waals surface area contributed by atoms with E-state index in [4.69, 9.17) is 9.47 Å². The summed E-state index contributed by atoms with van der Waals surface area (Å²) in [7, 11) is 0. The molecule has 1 N–H and O–H groups in total. The summed E-state index contributed by atoms with van der Waals surface area (Å²) in [6.45, 7) is 3.39. The lowest BCUT2D eigenvalue weighted by Crippen LogP contribution is -2.20. The van der Waals surface area contributed by atoms with Crippen LogP contribution in [-0.4, -0.2) is 24.7 Å². The summed E-state index contributed by atoms with van der Waals surface area (Å²) in [6, 6.07) is 9.24. The van der Waals surface area contributed by atoms with Crippen LogP contribution in [0, 0.1) is 0 Å². The van der Waals surface area contributed by atoms with Crippen LogP contribution in [-0.2, 0) is 22.2 Å². The topological polar surface area (TPSA) is 77.0 Å². The van der Waals surface area contributed by atoms with E-state index < -0.39 is 23.6 Å². The number of hydrazone groups is 1. The molecule has 0 radical (unpaired) electrons. The molecule has 154 valence electrons. The first-order valence-electron chi connectivity index (χ1n) is 8.62. The van der Waals surface area contributed by atoms with E-state index in [0.29, 0.717) is 17.9 Å². The smallest absolute Gasteiger partial charge is 0.416 e. The highest BCUT2D eigenvalue weighted by molar-refractivity contribution is 5.84. The van der Waals surface area contributed by atoms with Crippen LogP contribution in [0.25, 0.3) is 0 Å². The highest BCUT2D eigenvalue weighted by Crippen LogP contribution is 2.30. The van der Waals surface area contributed by atoms with Crippen LogP contribution in [0.2, 0.25) is 0 Å². The number of amides is 1. The lowest BCUT2D eigenvalue weighted by molar-refractivity contribution is -0.137. The third-order valence-corrected chi connectivity index (χ3v) is 3.54. The van der Waals surface area contributed by atoms with Gasteiger partial charge in [-0.15, -0.1) is 0 Å². The van der Waals surface area contributed by atoms with Crippen molar-refractivity contribution in [1.29, 1.82) is 0 Å². The quantitative estimate of drug-likeness (QED) is 0.328. The first kappa shape index (κ1) is 21.9. The number of benzene rings is 2. The largest absolute Gasteiger partial charge is 0.490 e. The Morgan fingerprint density at radius 2 is 1.90 bits per heavy atom. The van der Waals surface area contributed by atoms with Gasteiger partial charge in [-0.3, -0.25) is 9.59 Å². The minimum absolute atomic E-state index is 0.219. The molecule has 9 heteroatoms. The predicted molar refractivity (Wildman–Crippen MR) is 99.8 cm³/mol. The van der Waals surface area contributed by atoms with Crippen molar-refractivity contribution in [2.75, 3.05) is 6.61 Å². The maximum absolute atomic E-state index is 12.7. The number of nitrogens with zero attached hydrogens (tertiary/aromatic N) is 1. The van der Waals surface area contributed by atoms with Gasteiger partial charge in [0, 0.05) is 6.92 Å². The molecule has 0 unspecified atom stereocenters. The highest BCUT2D eigenvalue weighted by Gasteiger charge is 2.30. The molecule has 2 aromatic rings. The normalized spacial score (nSPS) is 11.3. The Bertz CT molecular complexity index is 911. The summed E-state index contributed by atoms with van der Waals surface area (Å²) in [5, 5.41) is 3.79. The van der Waals surface area contributed by atoms with Crippen molar-refractivity contribution in [1.82, 2.24) is 5.43 Å². The van der Waals surface area contributed by atoms with Crippen molar-refractivity contribution in [3.8, 4) is 11.5 Å². The van der Waals surface area contributed by atoms with Gasteiger partial charge in [0.05, 0.1) is 24.8 Å². The van der Waals surface area contributed by atoms with Crippen molar-refractivity contribution >= 4 is 18.1 Å². The Hall–Kier alpha value is -3.36. The van der Waals surface area contributed by atoms with Gasteiger partial charge < -0.3 is 9.47 Å². The molecule has 0 fully saturated rings. The van der Waals surface area contributed by atoms with Crippen molar-refractivity contribution in [3.63, 3.8) is 0 Å². The number of rotatable bonds is 7. The van der Waals surface area contributed by atoms with Crippen LogP contribution in [0.1, 0.15) is 30.5 Å². The fraction of sp³-hybridized carbons (Fsp3) is 0.250. The minimum Gasteiger partial charge on any atom is -0.490 e. The molecule has 6 nitrogen and oxygen atoms in total. The summed E-state index contributed by atoms with van der Waals surface area (Å²) in [6.07, 6.45) is -3.39. The molecule has 0 aliphatic carbocycles. The van der Waals surface area contributed by atoms with E-state index in [0.717, 1.165) is 12.1 Å². The van der Waals surface area contributed by atoms with E-state index in [1.165, 1.54) is 31.3 Å². The van der Waals surface area contributed by atoms with Crippen molar-refractivity contribution in [2.24, 2.45) is 5.10 Å². The summed E-state index contributed by atoms with van der Waals surface area (Å²) in [5.74, 6) is -0.469. The molecule has 0 spiro atoms. The SMILES string of the molecule is CCOc1cc(/C=N\NC(=O)Cc2cccc(C(F)(F)F)c2)ccc1OC(C)=O. The minimum atomic E-state index is -4.47. The Morgan fingerprint density at radius 3 is 2.55 bits per heavy atom. The molecule has 0 aliphatic rings. The molecule has 2 aromatic carbocycles. The van der Waals surface area contributed by atoms with E-state index in [9.17, 15) is 22.8 Å². The number of hydrogen-bond donors (Lipinski definition) is 1. The van der Waals surface area contributed by atoms with Gasteiger partial charge in [-0.25, -0.2) is 5.43 Å². The van der Waals surface area contributed by atoms with E-state index in [1.807, 2.05) is 0 Å². The van der Waals surface area contributed by atoms with Crippen molar-refractivity contribution in [3.05, 3.63) is 59.2 Å². The standard InChI is InChI=1S/C20H19F3N2O4/c1-3-28-18-10-15(7-8-17(18)29-13(2)26)12-24-25-19(27)11-14-5-4-6-16(9-14)20(21,22)23/h4-10,12H,3,11H2,1-2H3,(H,25,27)/b24-12-. The summed E-state index contributed by atoms with van der Waals surface area (Å²) < 4.78 is 48.6. The van der Waals surface area contributed by atoms with Gasteiger partial charge in [0.25, 0.3) is 0 Å². The highest BCUT2D eigenvalue weighted by atomic mass is 19.4. The van der Waals surface area contributed by atoms with E-state index in [2.05, 4.69) is 10.5 Å². The predicted octanol–water partition coefficient (Wildman–Crippen LogP) is 3.72. The van der Waals surface area contributed by atoms with Crippen LogP contribution in [0.15, 0.2) is 47.6 Å². The fourth-order valence-electron chi connectivity index (χ4n) is 2.37. The van der Waals surface area contributed by atoms with Crippen molar-refractivity contribution in [2.45, 2.75) is 26.4 Å². The molecular formula is C20H19F3N2O4. The first-order valence-corrected chi connectivity index (χ1v) is 8.62. The summed E-state index contributed by atoms with van der Waals surface area (Å²) in [4.78, 5) is 23.0. The Labute approximate surface area is 165 Å². The number of halogens is 3. The number of ether oxygens (including phenoxy) is 2. The summed E-state index contributed by atoms with van der Waals surface area (Å²) in [5.41, 5.74) is 2.22. The zero-order valence-electron chi connectivity index (χ0n) is 15.7. The second kappa shape index (κ2) is 9.72. The monoisotopic (exact) mass is 408 g/mol. The zero-order chi connectivity index (χ0) is 21.4. The third kappa shape index (κ3) is 6.95. The molecule has 29 heavy (non-hydrogen) atoms. The molecule has 0 atom stereocenters. The average molecular weight is 408 g/mol. The molecule has 0 bridgehead atoms. The van der Waals surface area contributed by atoms with Gasteiger partial charge in [-0.1, -0.05) is 18.2 Å². The lowest BCUT2D eigenvalue weighted by atomic mass is 10.1. The second-order valence-corrected chi connectivity index (χ2v) is 5.90. The van der Waals surface area contributed by atoms with Crippen LogP contribution in [0.5, 0.6) is 11.5 Å². The Morgan fingerprint density at radius 1 is 1.14 bits per heavy atom. The van der Waals surface area contributed by atoms with Gasteiger partial charge in [0.2, 0.25) is 5.91 Å². The maximum Gasteiger partial charge on any atom is 0.416 e. The zero-order valence-corrected chi connectivity index (χ0v) is 15.7. The molecule has 1 amide bonds. The number of hydrogen-bond acceptors (Lipinski definition) is 5. The number of carbonyl (C=O) groups excluding carboxylic acids is 2. The van der Waals surface area contributed by atoms with Crippen LogP contribution >= 0.6 is 0 Å². The molecule has 0 saturated heterocycles. The molecular weight excluding hydrogens is 389 g/mol. The molecule has 0 heterocycles. The van der Waals surface area contributed by atoms with Crippen LogP contribution < -0.4 is 14.9 Å². The maximum atomic E-state index is 12.7. The van der Waals surface area contributed by atoms with Gasteiger partial charge in [0.1, 0.15) is 0 Å². The van der Waals surface area contributed by atoms with E-state index in [-0.39, 0.29) is 17.7 Å². The molecule has 0 aromatic heterocycles. The Balaban J connectivity index is 2.01. The van der Waals surface area contributed by atoms with Crippen LogP contribution in [0.3, 0.4) is 0 Å². The number of carbonyl (C=O) groups is 2. The number of nitrogens with one attached hydrogen (secondary N) is 1. The summed E-state index contributed by atoms with van der Waals surface area (Å²) >= 11 is 0. The molecule has 2 rings (SSSR count). The molecule has 0 saturated carbocycles. The third-order valence-electron chi connectivity index (χ3n) is 3.54. The molecule has 0 aliphatic heterocycles. The fourth-order valence-corrected chi connectivity index (χ4v) is 2.37. The Kier molecular flexibility index (Phi) is 7.35. The average Bonchev–Trinajstić information content (AvgIpc) is 2.63. The second-order valence-electron chi connectivity index (χ2n) is 5.90. The van der Waals surface area contributed by atoms with Gasteiger partial charge in [0.15, 0.2) is 11.5 Å². The van der Waals surface area contributed by atoms with Crippen LogP contribution in [0.4, 0.5) is 13.2 Å². The number of esters is 1. The van der Waals surface area contributed by atoms with Crippen molar-refractivity contribution < 1.29 is 32.2 Å². The van der Waals surface area contributed by atoms with E-state index >= 15 is 0 Å². The van der Waals surface area contributed by atoms with Gasteiger partial charge >= 0.3 is 12.1 Å². The first-order chi connectivity index (χ1) is 13.7.